The number of anilines is 2. The Balaban J connectivity index is 1.10. The van der Waals surface area contributed by atoms with Gasteiger partial charge in [-0.25, -0.2) is 9.59 Å². The van der Waals surface area contributed by atoms with E-state index in [0.717, 1.165) is 62.9 Å². The molecule has 13 heteroatoms. The number of ether oxygens (including phenoxy) is 3. The van der Waals surface area contributed by atoms with Gasteiger partial charge >= 0.3 is 12.2 Å². The topological polar surface area (TPSA) is 135 Å². The van der Waals surface area contributed by atoms with Crippen LogP contribution in [-0.4, -0.2) is 104 Å². The summed E-state index contributed by atoms with van der Waals surface area (Å²) in [5, 5.41) is 11.8. The first kappa shape index (κ1) is 28.8. The highest BCUT2D eigenvalue weighted by molar-refractivity contribution is 5.71. The summed E-state index contributed by atoms with van der Waals surface area (Å²) in [6.45, 7) is 12.0. The predicted octanol–water partition coefficient (Wildman–Crippen LogP) is 4.00. The van der Waals surface area contributed by atoms with Crippen LogP contribution >= 0.6 is 0 Å². The van der Waals surface area contributed by atoms with Crippen molar-refractivity contribution in [2.45, 2.75) is 115 Å². The molecule has 230 valence electrons. The summed E-state index contributed by atoms with van der Waals surface area (Å²) in [7, 11) is 0. The number of carbonyl (C=O) groups excluding carboxylic acids is 2. The molecule has 0 saturated carbocycles. The lowest BCUT2D eigenvalue weighted by molar-refractivity contribution is -0.0485. The Labute approximate surface area is 246 Å². The molecule has 2 N–H and O–H groups in total. The van der Waals surface area contributed by atoms with Gasteiger partial charge in [-0.3, -0.25) is 0 Å². The van der Waals surface area contributed by atoms with E-state index in [9.17, 15) is 9.59 Å². The fourth-order valence-electron chi connectivity index (χ4n) is 6.45. The van der Waals surface area contributed by atoms with E-state index in [0.29, 0.717) is 25.0 Å². The standard InChI is InChI=1S/C29H44N8O5/c1-17(2)23-14-30-37-24(23)33-25(31-18-8-10-40-11-9-18)34-26(37)32-19-12-20-6-7-21(13-19)36(20)28(39)41-22-15-35(16-22)27(38)42-29(3,4)5/h14,17-22H,6-13,15-16H2,1-5H3,(H2,31,32,33,34). The van der Waals surface area contributed by atoms with E-state index in [1.54, 1.807) is 9.42 Å². The Morgan fingerprint density at radius 1 is 0.976 bits per heavy atom. The molecule has 2 aromatic rings. The van der Waals surface area contributed by atoms with Gasteiger partial charge in [0.05, 0.1) is 19.3 Å². The number of rotatable bonds is 6. The van der Waals surface area contributed by atoms with E-state index in [1.165, 1.54) is 0 Å². The van der Waals surface area contributed by atoms with Crippen LogP contribution in [0.3, 0.4) is 0 Å². The Morgan fingerprint density at radius 3 is 2.31 bits per heavy atom. The van der Waals surface area contributed by atoms with Gasteiger partial charge in [0.2, 0.25) is 11.9 Å². The second kappa shape index (κ2) is 11.4. The van der Waals surface area contributed by atoms with Gasteiger partial charge < -0.3 is 34.6 Å². The van der Waals surface area contributed by atoms with Gasteiger partial charge in [-0.1, -0.05) is 13.8 Å². The van der Waals surface area contributed by atoms with Crippen molar-refractivity contribution in [1.82, 2.24) is 29.4 Å². The Morgan fingerprint density at radius 2 is 1.67 bits per heavy atom. The highest BCUT2D eigenvalue weighted by Gasteiger charge is 2.46. The van der Waals surface area contributed by atoms with Crippen molar-refractivity contribution in [1.29, 1.82) is 0 Å². The van der Waals surface area contributed by atoms with Gasteiger partial charge in [0.1, 0.15) is 11.7 Å². The SMILES string of the molecule is CC(C)c1cnn2c(NC3CC4CCC(C3)N4C(=O)OC3CN(C(=O)OC(C)(C)C)C3)nc(NC3CCOCC3)nc12. The van der Waals surface area contributed by atoms with Gasteiger partial charge in [-0.2, -0.15) is 19.6 Å². The summed E-state index contributed by atoms with van der Waals surface area (Å²) < 4.78 is 18.5. The summed E-state index contributed by atoms with van der Waals surface area (Å²) in [4.78, 5) is 38.7. The van der Waals surface area contributed by atoms with Crippen LogP contribution in [-0.2, 0) is 14.2 Å². The van der Waals surface area contributed by atoms with Crippen LogP contribution in [0.25, 0.3) is 5.65 Å². The highest BCUT2D eigenvalue weighted by atomic mass is 16.6. The lowest BCUT2D eigenvalue weighted by Crippen LogP contribution is -2.58. The number of carbonyl (C=O) groups is 2. The molecule has 2 unspecified atom stereocenters. The van der Waals surface area contributed by atoms with Crippen molar-refractivity contribution in [3.63, 3.8) is 0 Å². The van der Waals surface area contributed by atoms with Gasteiger partial charge in [-0.05, 0) is 65.2 Å². The molecule has 13 nitrogen and oxygen atoms in total. The molecule has 2 amide bonds. The van der Waals surface area contributed by atoms with E-state index >= 15 is 0 Å². The number of amides is 2. The van der Waals surface area contributed by atoms with Crippen molar-refractivity contribution >= 4 is 29.7 Å². The summed E-state index contributed by atoms with van der Waals surface area (Å²) in [6, 6.07) is 0.601. The maximum Gasteiger partial charge on any atom is 0.410 e. The number of aromatic nitrogens is 4. The molecule has 2 aromatic heterocycles. The van der Waals surface area contributed by atoms with Gasteiger partial charge in [0.25, 0.3) is 0 Å². The number of nitrogens with one attached hydrogen (secondary N) is 2. The number of piperidine rings is 1. The Bertz CT molecular complexity index is 1280. The van der Waals surface area contributed by atoms with Crippen LogP contribution in [0.15, 0.2) is 6.20 Å². The molecule has 42 heavy (non-hydrogen) atoms. The third-order valence-corrected chi connectivity index (χ3v) is 8.62. The predicted molar refractivity (Wildman–Crippen MR) is 156 cm³/mol. The smallest absolute Gasteiger partial charge is 0.410 e. The Kier molecular flexibility index (Phi) is 7.79. The minimum Gasteiger partial charge on any atom is -0.444 e. The first-order valence-electron chi connectivity index (χ1n) is 15.4. The molecule has 0 spiro atoms. The van der Waals surface area contributed by atoms with Crippen LogP contribution in [0.1, 0.15) is 84.6 Å². The van der Waals surface area contributed by atoms with E-state index in [-0.39, 0.29) is 48.4 Å². The summed E-state index contributed by atoms with van der Waals surface area (Å²) in [6.07, 6.45) is 6.26. The summed E-state index contributed by atoms with van der Waals surface area (Å²) >= 11 is 0. The van der Waals surface area contributed by atoms with Crippen LogP contribution in [0.4, 0.5) is 21.5 Å². The minimum absolute atomic E-state index is 0.0943. The monoisotopic (exact) mass is 584 g/mol. The van der Waals surface area contributed by atoms with Crippen molar-refractivity contribution in [3.05, 3.63) is 11.8 Å². The molecule has 4 fully saturated rings. The van der Waals surface area contributed by atoms with Gasteiger partial charge in [0, 0.05) is 42.9 Å². The summed E-state index contributed by atoms with van der Waals surface area (Å²) in [5.41, 5.74) is 1.33. The molecule has 0 aliphatic carbocycles. The van der Waals surface area contributed by atoms with Gasteiger partial charge in [-0.15, -0.1) is 0 Å². The number of hydrogen-bond acceptors (Lipinski definition) is 10. The first-order valence-corrected chi connectivity index (χ1v) is 15.4. The van der Waals surface area contributed by atoms with E-state index < -0.39 is 5.60 Å². The zero-order valence-electron chi connectivity index (χ0n) is 25.3. The van der Waals surface area contributed by atoms with Crippen LogP contribution in [0, 0.1) is 0 Å². The lowest BCUT2D eigenvalue weighted by Gasteiger charge is -2.42. The molecule has 4 aliphatic heterocycles. The van der Waals surface area contributed by atoms with E-state index in [1.807, 2.05) is 31.9 Å². The molecule has 2 atom stereocenters. The Hall–Kier alpha value is -3.35. The van der Waals surface area contributed by atoms with Crippen molar-refractivity contribution in [3.8, 4) is 0 Å². The molecule has 0 radical (unpaired) electrons. The van der Waals surface area contributed by atoms with E-state index in [4.69, 9.17) is 24.2 Å². The third kappa shape index (κ3) is 6.06. The van der Waals surface area contributed by atoms with Crippen molar-refractivity contribution in [2.75, 3.05) is 36.9 Å². The quantitative estimate of drug-likeness (QED) is 0.513. The van der Waals surface area contributed by atoms with E-state index in [2.05, 4.69) is 29.6 Å². The number of likely N-dealkylation sites (tertiary alicyclic amines) is 1. The fraction of sp³-hybridized carbons (Fsp3) is 0.759. The average molecular weight is 585 g/mol. The molecule has 2 bridgehead atoms. The zero-order valence-corrected chi connectivity index (χ0v) is 25.3. The summed E-state index contributed by atoms with van der Waals surface area (Å²) in [5.74, 6) is 1.54. The molecule has 6 rings (SSSR count). The van der Waals surface area contributed by atoms with Crippen LogP contribution in [0.2, 0.25) is 0 Å². The normalized spacial score (nSPS) is 25.0. The highest BCUT2D eigenvalue weighted by Crippen LogP contribution is 2.38. The number of fused-ring (bicyclic) bond motifs is 3. The molecule has 6 heterocycles. The minimum atomic E-state index is -0.551. The molecule has 4 aliphatic rings. The molecular formula is C29H44N8O5. The maximum atomic E-state index is 13.2. The van der Waals surface area contributed by atoms with Gasteiger partial charge in [0.15, 0.2) is 5.65 Å². The molecule has 4 saturated heterocycles. The molecular weight excluding hydrogens is 540 g/mol. The first-order chi connectivity index (χ1) is 20.0. The van der Waals surface area contributed by atoms with Crippen molar-refractivity contribution < 1.29 is 23.8 Å². The fourth-order valence-corrected chi connectivity index (χ4v) is 6.45. The number of hydrogen-bond donors (Lipinski definition) is 2. The second-order valence-electron chi connectivity index (χ2n) is 13.4. The molecule has 0 aromatic carbocycles. The number of nitrogens with zero attached hydrogens (tertiary/aromatic N) is 6. The third-order valence-electron chi connectivity index (χ3n) is 8.62. The van der Waals surface area contributed by atoms with Crippen LogP contribution in [0.5, 0.6) is 0 Å². The average Bonchev–Trinajstić information content (AvgIpc) is 3.44. The lowest BCUT2D eigenvalue weighted by atomic mass is 9.98. The largest absolute Gasteiger partial charge is 0.444 e. The van der Waals surface area contributed by atoms with Crippen LogP contribution < -0.4 is 10.6 Å². The van der Waals surface area contributed by atoms with Crippen molar-refractivity contribution in [2.24, 2.45) is 0 Å². The maximum absolute atomic E-state index is 13.2. The second-order valence-corrected chi connectivity index (χ2v) is 13.4. The zero-order chi connectivity index (χ0) is 29.6.